The van der Waals surface area contributed by atoms with Gasteiger partial charge in [0.05, 0.1) is 6.10 Å². The number of ketones is 2. The molecule has 1 fully saturated rings. The number of ether oxygens (including phenoxy) is 2. The average Bonchev–Trinajstić information content (AvgIpc) is 3.24. The van der Waals surface area contributed by atoms with Crippen LogP contribution in [0.15, 0.2) is 72.8 Å². The second-order valence-corrected chi connectivity index (χ2v) is 8.95. The van der Waals surface area contributed by atoms with Crippen LogP contribution in [-0.4, -0.2) is 17.2 Å². The summed E-state index contributed by atoms with van der Waals surface area (Å²) in [5, 5.41) is 0. The molecule has 5 heteroatoms. The van der Waals surface area contributed by atoms with Crippen molar-refractivity contribution in [3.8, 4) is 0 Å². The number of hydrogen-bond acceptors (Lipinski definition) is 4. The third kappa shape index (κ3) is 3.31. The molecule has 2 aliphatic heterocycles. The van der Waals surface area contributed by atoms with Gasteiger partial charge in [-0.2, -0.15) is 0 Å². The Morgan fingerprint density at radius 3 is 2.52 bits per heavy atom. The molecule has 3 aliphatic rings. The van der Waals surface area contributed by atoms with Crippen molar-refractivity contribution < 1.29 is 19.1 Å². The highest BCUT2D eigenvalue weighted by Gasteiger charge is 2.55. The van der Waals surface area contributed by atoms with E-state index in [-0.39, 0.29) is 24.1 Å². The van der Waals surface area contributed by atoms with Crippen LogP contribution in [0.3, 0.4) is 0 Å². The number of allylic oxidation sites excluding steroid dienone is 2. The molecule has 2 aromatic rings. The van der Waals surface area contributed by atoms with E-state index in [1.807, 2.05) is 60.7 Å². The number of fused-ring (bicyclic) bond motifs is 2. The van der Waals surface area contributed by atoms with Gasteiger partial charge in [0, 0.05) is 27.5 Å². The van der Waals surface area contributed by atoms with Crippen molar-refractivity contribution in [1.82, 2.24) is 0 Å². The first-order valence-corrected chi connectivity index (χ1v) is 10.8. The van der Waals surface area contributed by atoms with Gasteiger partial charge in [-0.3, -0.25) is 9.59 Å². The number of Topliss-reactive ketones (excluding diaryl/α,β-unsaturated/α-hetero) is 1. The summed E-state index contributed by atoms with van der Waals surface area (Å²) in [6.07, 6.45) is 8.04. The van der Waals surface area contributed by atoms with Gasteiger partial charge in [0.2, 0.25) is 0 Å². The first-order valence-electron chi connectivity index (χ1n) is 9.67. The van der Waals surface area contributed by atoms with Crippen LogP contribution < -0.4 is 0 Å². The lowest BCUT2D eigenvalue weighted by atomic mass is 9.92. The van der Waals surface area contributed by atoms with Crippen molar-refractivity contribution in [3.63, 3.8) is 0 Å². The number of hydrogen-bond donors (Lipinski definition) is 0. The molecule has 146 valence electrons. The van der Waals surface area contributed by atoms with Crippen LogP contribution >= 0.6 is 22.6 Å². The summed E-state index contributed by atoms with van der Waals surface area (Å²) in [5.74, 6) is -0.870. The first kappa shape index (κ1) is 18.9. The minimum Gasteiger partial charge on any atom is -0.337 e. The van der Waals surface area contributed by atoms with Crippen LogP contribution in [0, 0.1) is 3.57 Å². The molecule has 1 saturated heterocycles. The third-order valence-corrected chi connectivity index (χ3v) is 6.57. The molecule has 1 aliphatic carbocycles. The molecule has 2 spiro atoms. The Labute approximate surface area is 182 Å². The van der Waals surface area contributed by atoms with E-state index in [2.05, 4.69) is 22.6 Å². The highest BCUT2D eigenvalue weighted by atomic mass is 127. The summed E-state index contributed by atoms with van der Waals surface area (Å²) < 4.78 is 14.0. The maximum atomic E-state index is 12.9. The second kappa shape index (κ2) is 7.00. The Morgan fingerprint density at radius 1 is 1.03 bits per heavy atom. The zero-order valence-corrected chi connectivity index (χ0v) is 17.8. The van der Waals surface area contributed by atoms with Gasteiger partial charge in [-0.1, -0.05) is 36.4 Å². The molecule has 5 rings (SSSR count). The molecule has 0 unspecified atom stereocenters. The first-order chi connectivity index (χ1) is 14.0. The Hall–Kier alpha value is -2.09. The van der Waals surface area contributed by atoms with Crippen molar-refractivity contribution in [1.29, 1.82) is 0 Å². The van der Waals surface area contributed by atoms with Crippen LogP contribution in [0.2, 0.25) is 0 Å². The van der Waals surface area contributed by atoms with Crippen LogP contribution in [0.4, 0.5) is 0 Å². The average molecular weight is 498 g/mol. The summed E-state index contributed by atoms with van der Waals surface area (Å²) >= 11 is 2.23. The van der Waals surface area contributed by atoms with Gasteiger partial charge < -0.3 is 9.47 Å². The molecule has 0 bridgehead atoms. The molecule has 0 amide bonds. The summed E-state index contributed by atoms with van der Waals surface area (Å²) in [4.78, 5) is 24.4. The fourth-order valence-electron chi connectivity index (χ4n) is 4.39. The Kier molecular flexibility index (Phi) is 4.57. The number of carbonyl (C=O) groups is 2. The summed E-state index contributed by atoms with van der Waals surface area (Å²) in [7, 11) is 0. The van der Waals surface area contributed by atoms with Crippen LogP contribution in [0.1, 0.15) is 46.9 Å². The van der Waals surface area contributed by atoms with E-state index in [4.69, 9.17) is 9.47 Å². The Bertz CT molecular complexity index is 1040. The molecule has 2 atom stereocenters. The third-order valence-electron chi connectivity index (χ3n) is 5.85. The van der Waals surface area contributed by atoms with Gasteiger partial charge in [0.15, 0.2) is 17.4 Å². The monoisotopic (exact) mass is 498 g/mol. The van der Waals surface area contributed by atoms with Gasteiger partial charge in [-0.15, -0.1) is 0 Å². The zero-order valence-electron chi connectivity index (χ0n) is 15.6. The quantitative estimate of drug-likeness (QED) is 0.440. The van der Waals surface area contributed by atoms with E-state index < -0.39 is 11.4 Å². The van der Waals surface area contributed by atoms with E-state index in [0.717, 1.165) is 21.1 Å². The standard InChI is InChI=1S/C24H19IO4/c25-17-7-5-16(6-8-17)21(27)15-22-19-3-1-2-4-20(19)24(28-22)14-13-23(29-24)11-9-18(26)10-12-23/h1-12,22H,13-15H2/t22-,24+/m1/s1. The van der Waals surface area contributed by atoms with Crippen LogP contribution in [0.5, 0.6) is 0 Å². The van der Waals surface area contributed by atoms with Crippen molar-refractivity contribution in [3.05, 3.63) is 93.1 Å². The highest BCUT2D eigenvalue weighted by molar-refractivity contribution is 14.1. The second-order valence-electron chi connectivity index (χ2n) is 7.71. The number of benzene rings is 2. The van der Waals surface area contributed by atoms with Gasteiger partial charge >= 0.3 is 0 Å². The van der Waals surface area contributed by atoms with E-state index >= 15 is 0 Å². The minimum absolute atomic E-state index is 0.0334. The van der Waals surface area contributed by atoms with E-state index in [1.54, 1.807) is 12.2 Å². The molecule has 29 heavy (non-hydrogen) atoms. The minimum atomic E-state index is -0.886. The van der Waals surface area contributed by atoms with Gasteiger partial charge in [0.1, 0.15) is 5.60 Å². The van der Waals surface area contributed by atoms with E-state index in [1.165, 1.54) is 0 Å². The topological polar surface area (TPSA) is 52.6 Å². The molecule has 2 heterocycles. The molecule has 0 radical (unpaired) electrons. The fourth-order valence-corrected chi connectivity index (χ4v) is 4.75. The normalized spacial score (nSPS) is 26.4. The van der Waals surface area contributed by atoms with Crippen LogP contribution in [-0.2, 0) is 20.1 Å². The molecule has 0 saturated carbocycles. The molecular formula is C24H19IO4. The SMILES string of the molecule is O=C1C=CC2(C=C1)CC[C@]1(O[C@H](CC(=O)c3ccc(I)cc3)c3ccccc31)O2. The molecule has 4 nitrogen and oxygen atoms in total. The Balaban J connectivity index is 1.43. The lowest BCUT2D eigenvalue weighted by Gasteiger charge is -2.30. The molecule has 0 N–H and O–H groups in total. The molecular weight excluding hydrogens is 479 g/mol. The van der Waals surface area contributed by atoms with E-state index in [9.17, 15) is 9.59 Å². The van der Waals surface area contributed by atoms with Crippen molar-refractivity contribution in [2.45, 2.75) is 36.8 Å². The van der Waals surface area contributed by atoms with Crippen molar-refractivity contribution in [2.24, 2.45) is 0 Å². The van der Waals surface area contributed by atoms with Gasteiger partial charge in [-0.05, 0) is 71.0 Å². The van der Waals surface area contributed by atoms with Crippen molar-refractivity contribution >= 4 is 34.2 Å². The number of halogens is 1. The van der Waals surface area contributed by atoms with Gasteiger partial charge in [0.25, 0.3) is 0 Å². The number of carbonyl (C=O) groups excluding carboxylic acids is 2. The van der Waals surface area contributed by atoms with Crippen molar-refractivity contribution in [2.75, 3.05) is 0 Å². The summed E-state index contributed by atoms with van der Waals surface area (Å²) in [6, 6.07) is 15.6. The maximum Gasteiger partial charge on any atom is 0.197 e. The highest BCUT2D eigenvalue weighted by Crippen LogP contribution is 2.55. The predicted octanol–water partition coefficient (Wildman–Crippen LogP) is 5.03. The smallest absolute Gasteiger partial charge is 0.197 e. The Morgan fingerprint density at radius 2 is 1.76 bits per heavy atom. The van der Waals surface area contributed by atoms with Crippen LogP contribution in [0.25, 0.3) is 0 Å². The zero-order chi connectivity index (χ0) is 20.1. The molecule has 2 aromatic carbocycles. The largest absolute Gasteiger partial charge is 0.337 e. The molecule has 0 aromatic heterocycles. The number of rotatable bonds is 3. The van der Waals surface area contributed by atoms with Gasteiger partial charge in [-0.25, -0.2) is 0 Å². The maximum absolute atomic E-state index is 12.9. The fraction of sp³-hybridized carbons (Fsp3) is 0.250. The summed E-state index contributed by atoms with van der Waals surface area (Å²) in [5.41, 5.74) is 2.04. The summed E-state index contributed by atoms with van der Waals surface area (Å²) in [6.45, 7) is 0. The lowest BCUT2D eigenvalue weighted by Crippen LogP contribution is -2.32. The predicted molar refractivity (Wildman–Crippen MR) is 116 cm³/mol. The lowest BCUT2D eigenvalue weighted by molar-refractivity contribution is -0.250. The van der Waals surface area contributed by atoms with E-state index in [0.29, 0.717) is 12.0 Å².